The number of nitrogens with one attached hydrogen (secondary N) is 2. The maximum atomic E-state index is 11.2. The number of carbonyl (C=O) groups is 2. The summed E-state index contributed by atoms with van der Waals surface area (Å²) in [5.41, 5.74) is -0.747. The molecule has 0 aromatic heterocycles. The van der Waals surface area contributed by atoms with Crippen molar-refractivity contribution in [1.82, 2.24) is 10.6 Å². The molecule has 0 atom stereocenters. The van der Waals surface area contributed by atoms with Crippen molar-refractivity contribution in [2.24, 2.45) is 5.41 Å². The third-order valence-electron chi connectivity index (χ3n) is 2.91. The van der Waals surface area contributed by atoms with Crippen molar-refractivity contribution in [2.75, 3.05) is 13.1 Å². The summed E-state index contributed by atoms with van der Waals surface area (Å²) in [6, 6.07) is -0.359. The van der Waals surface area contributed by atoms with E-state index in [0.29, 0.717) is 25.8 Å². The second-order valence-electron chi connectivity index (χ2n) is 4.00. The fourth-order valence-corrected chi connectivity index (χ4v) is 1.63. The molecule has 0 heterocycles. The number of amides is 2. The smallest absolute Gasteiger partial charge is 0.314 e. The normalized spacial score (nSPS) is 16.7. The van der Waals surface area contributed by atoms with E-state index in [4.69, 9.17) is 11.5 Å². The summed E-state index contributed by atoms with van der Waals surface area (Å²) < 4.78 is 0. The van der Waals surface area contributed by atoms with Crippen molar-refractivity contribution >= 4 is 12.0 Å². The Labute approximate surface area is 94.6 Å². The van der Waals surface area contributed by atoms with Crippen molar-refractivity contribution in [3.05, 3.63) is 0 Å². The highest BCUT2D eigenvalue weighted by Crippen LogP contribution is 2.40. The van der Waals surface area contributed by atoms with Gasteiger partial charge in [-0.1, -0.05) is 6.42 Å². The number of terminal acetylenes is 1. The predicted molar refractivity (Wildman–Crippen MR) is 58.8 cm³/mol. The first kappa shape index (κ1) is 12.4. The van der Waals surface area contributed by atoms with E-state index in [1.54, 1.807) is 0 Å². The van der Waals surface area contributed by atoms with Gasteiger partial charge in [0.2, 0.25) is 0 Å². The van der Waals surface area contributed by atoms with Gasteiger partial charge in [-0.25, -0.2) is 4.79 Å². The second-order valence-corrected chi connectivity index (χ2v) is 4.00. The summed E-state index contributed by atoms with van der Waals surface area (Å²) in [6.45, 7) is 0.590. The van der Waals surface area contributed by atoms with Crippen molar-refractivity contribution in [3.63, 3.8) is 0 Å². The van der Waals surface area contributed by atoms with Gasteiger partial charge >= 0.3 is 12.0 Å². The number of carboxylic acids is 1. The Balaban J connectivity index is 2.26. The number of carboxylic acid groups (broad SMARTS) is 1. The predicted octanol–water partition coefficient (Wildman–Crippen LogP) is 0.564. The van der Waals surface area contributed by atoms with Gasteiger partial charge < -0.3 is 15.7 Å². The van der Waals surface area contributed by atoms with Gasteiger partial charge in [0, 0.05) is 19.5 Å². The number of hydrogen-bond donors (Lipinski definition) is 3. The lowest BCUT2D eigenvalue weighted by atomic mass is 9.69. The molecule has 1 saturated carbocycles. The van der Waals surface area contributed by atoms with Crippen LogP contribution in [0.5, 0.6) is 0 Å². The average molecular weight is 224 g/mol. The molecule has 0 aliphatic heterocycles. The minimum absolute atomic E-state index is 0.185. The Bertz CT molecular complexity index is 316. The molecule has 5 heteroatoms. The van der Waals surface area contributed by atoms with Gasteiger partial charge in [-0.2, -0.15) is 0 Å². The highest BCUT2D eigenvalue weighted by atomic mass is 16.4. The van der Waals surface area contributed by atoms with Crippen molar-refractivity contribution in [2.45, 2.75) is 25.7 Å². The zero-order valence-electron chi connectivity index (χ0n) is 9.08. The largest absolute Gasteiger partial charge is 0.481 e. The van der Waals surface area contributed by atoms with Crippen molar-refractivity contribution < 1.29 is 14.7 Å². The molecule has 0 bridgehead atoms. The number of carbonyl (C=O) groups excluding carboxylic acids is 1. The van der Waals surface area contributed by atoms with Gasteiger partial charge in [-0.3, -0.25) is 4.79 Å². The van der Waals surface area contributed by atoms with Crippen LogP contribution in [0, 0.1) is 17.8 Å². The molecular formula is C11H16N2O3. The lowest BCUT2D eigenvalue weighted by molar-refractivity contribution is -0.153. The molecule has 0 saturated heterocycles. The third kappa shape index (κ3) is 2.89. The lowest BCUT2D eigenvalue weighted by Crippen LogP contribution is -2.49. The number of aliphatic carboxylic acids is 1. The van der Waals surface area contributed by atoms with Gasteiger partial charge in [0.15, 0.2) is 0 Å². The fraction of sp³-hybridized carbons (Fsp3) is 0.636. The molecule has 0 aromatic rings. The van der Waals surface area contributed by atoms with Gasteiger partial charge in [0.05, 0.1) is 5.41 Å². The van der Waals surface area contributed by atoms with Crippen molar-refractivity contribution in [1.29, 1.82) is 0 Å². The van der Waals surface area contributed by atoms with E-state index in [2.05, 4.69) is 16.6 Å². The molecule has 1 rings (SSSR count). The Hall–Kier alpha value is -1.70. The van der Waals surface area contributed by atoms with Crippen LogP contribution >= 0.6 is 0 Å². The minimum atomic E-state index is -0.831. The first-order valence-corrected chi connectivity index (χ1v) is 5.29. The Kier molecular flexibility index (Phi) is 4.18. The summed E-state index contributed by atoms with van der Waals surface area (Å²) >= 11 is 0. The quantitative estimate of drug-likeness (QED) is 0.471. The monoisotopic (exact) mass is 224 g/mol. The summed E-state index contributed by atoms with van der Waals surface area (Å²) in [4.78, 5) is 22.2. The standard InChI is InChI=1S/C11H16N2O3/c1-2-3-7-12-10(16)13-8-11(9(14)15)5-4-6-11/h1H,3-8H2,(H,14,15)(H2,12,13,16). The molecule has 0 aromatic carbocycles. The van der Waals surface area contributed by atoms with Crippen LogP contribution in [0.3, 0.4) is 0 Å². The second kappa shape index (κ2) is 5.40. The van der Waals surface area contributed by atoms with E-state index >= 15 is 0 Å². The molecule has 0 unspecified atom stereocenters. The van der Waals surface area contributed by atoms with Crippen LogP contribution in [0.1, 0.15) is 25.7 Å². The highest BCUT2D eigenvalue weighted by Gasteiger charge is 2.44. The summed E-state index contributed by atoms with van der Waals surface area (Å²) in [6.07, 6.45) is 7.67. The fourth-order valence-electron chi connectivity index (χ4n) is 1.63. The Morgan fingerprint density at radius 1 is 1.38 bits per heavy atom. The molecular weight excluding hydrogens is 208 g/mol. The number of urea groups is 1. The zero-order chi connectivity index (χ0) is 12.0. The van der Waals surface area contributed by atoms with Crippen LogP contribution in [0.15, 0.2) is 0 Å². The van der Waals surface area contributed by atoms with Crippen LogP contribution in [-0.2, 0) is 4.79 Å². The molecule has 5 nitrogen and oxygen atoms in total. The van der Waals surface area contributed by atoms with E-state index in [9.17, 15) is 9.59 Å². The molecule has 2 amide bonds. The van der Waals surface area contributed by atoms with Crippen LogP contribution in [0.4, 0.5) is 4.79 Å². The molecule has 1 aliphatic carbocycles. The Morgan fingerprint density at radius 3 is 2.50 bits per heavy atom. The van der Waals surface area contributed by atoms with E-state index in [1.165, 1.54) is 0 Å². The van der Waals surface area contributed by atoms with E-state index in [-0.39, 0.29) is 12.6 Å². The van der Waals surface area contributed by atoms with Crippen LogP contribution in [0.25, 0.3) is 0 Å². The number of hydrogen-bond acceptors (Lipinski definition) is 2. The molecule has 0 radical (unpaired) electrons. The topological polar surface area (TPSA) is 78.4 Å². The molecule has 0 spiro atoms. The maximum absolute atomic E-state index is 11.2. The lowest BCUT2D eigenvalue weighted by Gasteiger charge is -2.37. The van der Waals surface area contributed by atoms with Gasteiger partial charge in [-0.05, 0) is 12.8 Å². The maximum Gasteiger partial charge on any atom is 0.314 e. The van der Waals surface area contributed by atoms with Crippen LogP contribution < -0.4 is 10.6 Å². The van der Waals surface area contributed by atoms with Crippen molar-refractivity contribution in [3.8, 4) is 12.3 Å². The van der Waals surface area contributed by atoms with E-state index in [1.807, 2.05) is 0 Å². The third-order valence-corrected chi connectivity index (χ3v) is 2.91. The van der Waals surface area contributed by atoms with E-state index in [0.717, 1.165) is 6.42 Å². The number of rotatable bonds is 5. The van der Waals surface area contributed by atoms with Gasteiger partial charge in [-0.15, -0.1) is 12.3 Å². The molecule has 1 fully saturated rings. The van der Waals surface area contributed by atoms with E-state index < -0.39 is 11.4 Å². The van der Waals surface area contributed by atoms with Crippen LogP contribution in [-0.4, -0.2) is 30.2 Å². The highest BCUT2D eigenvalue weighted by molar-refractivity contribution is 5.78. The molecule has 3 N–H and O–H groups in total. The summed E-state index contributed by atoms with van der Waals surface area (Å²) in [5, 5.41) is 14.1. The summed E-state index contributed by atoms with van der Waals surface area (Å²) in [5.74, 6) is 1.57. The first-order valence-electron chi connectivity index (χ1n) is 5.29. The zero-order valence-corrected chi connectivity index (χ0v) is 9.08. The van der Waals surface area contributed by atoms with Crippen LogP contribution in [0.2, 0.25) is 0 Å². The average Bonchev–Trinajstić information content (AvgIpc) is 2.16. The molecule has 1 aliphatic rings. The van der Waals surface area contributed by atoms with Gasteiger partial charge in [0.25, 0.3) is 0 Å². The van der Waals surface area contributed by atoms with Gasteiger partial charge in [0.1, 0.15) is 0 Å². The molecule has 88 valence electrons. The molecule has 16 heavy (non-hydrogen) atoms. The Morgan fingerprint density at radius 2 is 2.06 bits per heavy atom. The SMILES string of the molecule is C#CCCNC(=O)NCC1(C(=O)O)CCC1. The first-order chi connectivity index (χ1) is 7.60. The minimum Gasteiger partial charge on any atom is -0.481 e. The summed E-state index contributed by atoms with van der Waals surface area (Å²) in [7, 11) is 0.